The number of aryl methyl sites for hydroxylation is 1. The molecule has 0 atom stereocenters. The predicted molar refractivity (Wildman–Crippen MR) is 92.5 cm³/mol. The van der Waals surface area contributed by atoms with E-state index in [1.807, 2.05) is 6.92 Å². The Labute approximate surface area is 140 Å². The molecule has 0 aliphatic rings. The number of methoxy groups -OCH3 is 1. The molecule has 0 fully saturated rings. The van der Waals surface area contributed by atoms with Crippen molar-refractivity contribution in [2.45, 2.75) is 11.8 Å². The Bertz CT molecular complexity index is 985. The number of pyridine rings is 1. The van der Waals surface area contributed by atoms with Gasteiger partial charge in [0.1, 0.15) is 5.75 Å². The normalized spacial score (nSPS) is 11.5. The average molecular weight is 343 g/mol. The number of hydrogen-bond acceptors (Lipinski definition) is 5. The summed E-state index contributed by atoms with van der Waals surface area (Å²) in [4.78, 5) is 4.06. The number of ether oxygens (including phenoxy) is 1. The Kier molecular flexibility index (Phi) is 4.13. The second-order valence-electron chi connectivity index (χ2n) is 5.27. The lowest BCUT2D eigenvalue weighted by molar-refractivity contribution is 0.415. The first-order valence-electron chi connectivity index (χ1n) is 7.15. The topological polar surface area (TPSA) is 82.6 Å². The van der Waals surface area contributed by atoms with Gasteiger partial charge in [-0.25, -0.2) is 8.42 Å². The average Bonchev–Trinajstić information content (AvgIpc) is 2.60. The summed E-state index contributed by atoms with van der Waals surface area (Å²) in [7, 11) is -2.79. The quantitative estimate of drug-likeness (QED) is 0.679. The maximum atomic E-state index is 12.7. The highest BCUT2D eigenvalue weighted by molar-refractivity contribution is 7.93. The van der Waals surface area contributed by atoms with Crippen molar-refractivity contribution in [3.63, 3.8) is 0 Å². The van der Waals surface area contributed by atoms with Crippen LogP contribution >= 0.6 is 0 Å². The van der Waals surface area contributed by atoms with E-state index in [1.165, 1.54) is 31.5 Å². The standard InChI is InChI=1S/C17H15N2O4S/c1-12-5-7-15(8-6-12)24(21,22)19(20)16-11-14(23-2)10-13-4-3-9-18-17(13)16/h3-11H,1-2H3/q-1. The number of fused-ring (bicyclic) bond motifs is 1. The molecule has 0 aliphatic carbocycles. The minimum atomic E-state index is -4.24. The van der Waals surface area contributed by atoms with Crippen LogP contribution in [-0.4, -0.2) is 20.5 Å². The molecule has 2 aromatic carbocycles. The number of nitrogens with zero attached hydrogens (tertiary/aromatic N) is 2. The van der Waals surface area contributed by atoms with Crippen LogP contribution in [0, 0.1) is 12.1 Å². The van der Waals surface area contributed by atoms with Gasteiger partial charge in [0.2, 0.25) is 0 Å². The molecule has 0 saturated heterocycles. The minimum absolute atomic E-state index is 0.00444. The lowest BCUT2D eigenvalue weighted by Gasteiger charge is -2.30. The van der Waals surface area contributed by atoms with Gasteiger partial charge in [-0.05, 0) is 31.2 Å². The highest BCUT2D eigenvalue weighted by atomic mass is 32.2. The molecule has 6 nitrogen and oxygen atoms in total. The molecule has 3 rings (SSSR count). The molecule has 0 unspecified atom stereocenters. The van der Waals surface area contributed by atoms with E-state index in [-0.39, 0.29) is 15.1 Å². The monoisotopic (exact) mass is 343 g/mol. The number of benzene rings is 2. The molecular weight excluding hydrogens is 328 g/mol. The predicted octanol–water partition coefficient (Wildman–Crippen LogP) is 3.24. The first-order chi connectivity index (χ1) is 11.4. The first-order valence-corrected chi connectivity index (χ1v) is 8.59. The van der Waals surface area contributed by atoms with E-state index in [2.05, 4.69) is 4.98 Å². The Morgan fingerprint density at radius 1 is 1.12 bits per heavy atom. The van der Waals surface area contributed by atoms with Crippen LogP contribution in [-0.2, 0) is 10.0 Å². The van der Waals surface area contributed by atoms with E-state index in [4.69, 9.17) is 4.74 Å². The first kappa shape index (κ1) is 16.2. The smallest absolute Gasteiger partial charge is 0.254 e. The third kappa shape index (κ3) is 2.79. The van der Waals surface area contributed by atoms with Crippen molar-refractivity contribution in [1.82, 2.24) is 4.98 Å². The highest BCUT2D eigenvalue weighted by Crippen LogP contribution is 2.33. The molecule has 0 amide bonds. The molecule has 1 heterocycles. The number of rotatable bonds is 4. The third-order valence-electron chi connectivity index (χ3n) is 3.63. The van der Waals surface area contributed by atoms with Crippen LogP contribution in [0.2, 0.25) is 0 Å². The molecule has 24 heavy (non-hydrogen) atoms. The lowest BCUT2D eigenvalue weighted by atomic mass is 10.2. The van der Waals surface area contributed by atoms with Gasteiger partial charge in [-0.15, -0.1) is 0 Å². The van der Waals surface area contributed by atoms with E-state index < -0.39 is 10.0 Å². The van der Waals surface area contributed by atoms with Crippen LogP contribution in [0.3, 0.4) is 0 Å². The van der Waals surface area contributed by atoms with Gasteiger partial charge in [0, 0.05) is 17.6 Å². The number of aromatic nitrogens is 1. The summed E-state index contributed by atoms with van der Waals surface area (Å²) in [5.74, 6) is 0.380. The lowest BCUT2D eigenvalue weighted by Crippen LogP contribution is -2.25. The molecule has 0 radical (unpaired) electrons. The molecule has 7 heteroatoms. The Balaban J connectivity index is 2.17. The van der Waals surface area contributed by atoms with Gasteiger partial charge in [-0.3, -0.25) is 4.98 Å². The second-order valence-corrected chi connectivity index (χ2v) is 7.02. The van der Waals surface area contributed by atoms with Crippen molar-refractivity contribution in [1.29, 1.82) is 0 Å². The number of anilines is 1. The van der Waals surface area contributed by atoms with E-state index in [9.17, 15) is 13.6 Å². The van der Waals surface area contributed by atoms with Crippen molar-refractivity contribution in [2.24, 2.45) is 0 Å². The van der Waals surface area contributed by atoms with Gasteiger partial charge in [-0.2, -0.15) is 0 Å². The SMILES string of the molecule is COc1cc(N([O-])S(=O)(=O)c2ccc(C)cc2)c2ncccc2c1. The van der Waals surface area contributed by atoms with Crippen molar-refractivity contribution in [2.75, 3.05) is 11.6 Å². The molecule has 0 saturated carbocycles. The van der Waals surface area contributed by atoms with Crippen LogP contribution in [0.25, 0.3) is 10.9 Å². The summed E-state index contributed by atoms with van der Waals surface area (Å²) in [6.07, 6.45) is 1.50. The zero-order chi connectivity index (χ0) is 17.3. The maximum Gasteiger partial charge on any atom is 0.254 e. The van der Waals surface area contributed by atoms with Crippen LogP contribution in [0.15, 0.2) is 59.6 Å². The van der Waals surface area contributed by atoms with E-state index in [1.54, 1.807) is 30.3 Å². The molecule has 0 bridgehead atoms. The van der Waals surface area contributed by atoms with Crippen LogP contribution < -0.4 is 9.21 Å². The third-order valence-corrected chi connectivity index (χ3v) is 5.13. The van der Waals surface area contributed by atoms with Crippen molar-refractivity contribution in [3.8, 4) is 5.75 Å². The fourth-order valence-electron chi connectivity index (χ4n) is 2.34. The van der Waals surface area contributed by atoms with Crippen LogP contribution in [0.5, 0.6) is 5.75 Å². The molecule has 0 spiro atoms. The summed E-state index contributed by atoms with van der Waals surface area (Å²) in [6, 6.07) is 12.6. The fourth-order valence-corrected chi connectivity index (χ4v) is 3.41. The molecule has 124 valence electrons. The van der Waals surface area contributed by atoms with Crippen molar-refractivity contribution >= 4 is 26.6 Å². The Morgan fingerprint density at radius 3 is 2.50 bits per heavy atom. The summed E-state index contributed by atoms with van der Waals surface area (Å²) < 4.78 is 30.4. The molecule has 0 aliphatic heterocycles. The number of hydrogen-bond donors (Lipinski definition) is 0. The Hall–Kier alpha value is -2.64. The van der Waals surface area contributed by atoms with Gasteiger partial charge in [0.15, 0.2) is 0 Å². The minimum Gasteiger partial charge on any atom is -0.744 e. The Morgan fingerprint density at radius 2 is 1.83 bits per heavy atom. The van der Waals surface area contributed by atoms with Crippen LogP contribution in [0.4, 0.5) is 5.69 Å². The van der Waals surface area contributed by atoms with Gasteiger partial charge in [0.25, 0.3) is 10.0 Å². The summed E-state index contributed by atoms with van der Waals surface area (Å²) in [6.45, 7) is 1.84. The molecular formula is C17H15N2O4S-. The van der Waals surface area contributed by atoms with Gasteiger partial charge in [0.05, 0.1) is 23.2 Å². The van der Waals surface area contributed by atoms with Gasteiger partial charge in [-0.1, -0.05) is 23.8 Å². The van der Waals surface area contributed by atoms with E-state index >= 15 is 0 Å². The summed E-state index contributed by atoms with van der Waals surface area (Å²) in [5.41, 5.74) is 1.12. The van der Waals surface area contributed by atoms with Crippen molar-refractivity contribution < 1.29 is 13.2 Å². The van der Waals surface area contributed by atoms with Crippen LogP contribution in [0.1, 0.15) is 5.56 Å². The largest absolute Gasteiger partial charge is 0.744 e. The van der Waals surface area contributed by atoms with Gasteiger partial charge < -0.3 is 14.4 Å². The zero-order valence-corrected chi connectivity index (χ0v) is 13.9. The van der Waals surface area contributed by atoms with E-state index in [0.29, 0.717) is 16.7 Å². The maximum absolute atomic E-state index is 12.7. The van der Waals surface area contributed by atoms with Crippen molar-refractivity contribution in [3.05, 3.63) is 65.5 Å². The summed E-state index contributed by atoms with van der Waals surface area (Å²) in [5, 5.41) is 13.3. The number of sulfonamides is 1. The zero-order valence-electron chi connectivity index (χ0n) is 13.1. The fraction of sp³-hybridized carbons (Fsp3) is 0.118. The highest BCUT2D eigenvalue weighted by Gasteiger charge is 2.20. The van der Waals surface area contributed by atoms with Gasteiger partial charge >= 0.3 is 0 Å². The summed E-state index contributed by atoms with van der Waals surface area (Å²) >= 11 is 0. The van der Waals surface area contributed by atoms with E-state index in [0.717, 1.165) is 5.56 Å². The molecule has 0 N–H and O–H groups in total. The molecule has 3 aromatic rings. The second kappa shape index (κ2) is 6.10. The molecule has 1 aromatic heterocycles.